The molecule has 1 atom stereocenters. The van der Waals surface area contributed by atoms with Crippen molar-refractivity contribution in [1.82, 2.24) is 15.5 Å². The Morgan fingerprint density at radius 1 is 1.22 bits per heavy atom. The number of methoxy groups -OCH3 is 1. The second-order valence-corrected chi connectivity index (χ2v) is 6.97. The SMILES string of the molecule is COc1ccc(CNCCNC(C)=O)cc1OCC(O)CN1CCCCC1. The second-order valence-electron chi connectivity index (χ2n) is 6.97. The van der Waals surface area contributed by atoms with Crippen molar-refractivity contribution in [2.24, 2.45) is 0 Å². The Hall–Kier alpha value is -1.83. The zero-order valence-electron chi connectivity index (χ0n) is 16.5. The molecule has 0 radical (unpaired) electrons. The van der Waals surface area contributed by atoms with Crippen LogP contribution in [0, 0.1) is 0 Å². The minimum Gasteiger partial charge on any atom is -0.493 e. The van der Waals surface area contributed by atoms with Gasteiger partial charge >= 0.3 is 0 Å². The number of likely N-dealkylation sites (tertiary alicyclic amines) is 1. The smallest absolute Gasteiger partial charge is 0.216 e. The van der Waals surface area contributed by atoms with E-state index in [1.165, 1.54) is 26.2 Å². The van der Waals surface area contributed by atoms with Gasteiger partial charge in [-0.1, -0.05) is 12.5 Å². The number of nitrogens with one attached hydrogen (secondary N) is 2. The molecule has 1 aromatic carbocycles. The molecule has 0 aliphatic carbocycles. The van der Waals surface area contributed by atoms with Crippen molar-refractivity contribution in [3.8, 4) is 11.5 Å². The number of β-amino-alcohol motifs (C(OH)–C–C–N with tert-alkyl or cyclic N) is 1. The van der Waals surface area contributed by atoms with Gasteiger partial charge in [-0.2, -0.15) is 0 Å². The summed E-state index contributed by atoms with van der Waals surface area (Å²) in [5.41, 5.74) is 1.05. The fourth-order valence-electron chi connectivity index (χ4n) is 3.18. The molecule has 1 aliphatic rings. The molecule has 1 fully saturated rings. The van der Waals surface area contributed by atoms with Crippen LogP contribution in [0.25, 0.3) is 0 Å². The molecule has 1 aliphatic heterocycles. The molecular weight excluding hydrogens is 346 g/mol. The van der Waals surface area contributed by atoms with E-state index in [9.17, 15) is 9.90 Å². The highest BCUT2D eigenvalue weighted by Crippen LogP contribution is 2.28. The molecule has 0 aromatic heterocycles. The lowest BCUT2D eigenvalue weighted by molar-refractivity contribution is -0.118. The summed E-state index contributed by atoms with van der Waals surface area (Å²) in [6, 6.07) is 5.77. The number of carbonyl (C=O) groups is 1. The second kappa shape index (κ2) is 11.8. The number of carbonyl (C=O) groups excluding carboxylic acids is 1. The molecule has 1 unspecified atom stereocenters. The van der Waals surface area contributed by atoms with E-state index in [4.69, 9.17) is 9.47 Å². The van der Waals surface area contributed by atoms with Crippen LogP contribution in [0.3, 0.4) is 0 Å². The van der Waals surface area contributed by atoms with Crippen LogP contribution in [-0.2, 0) is 11.3 Å². The Labute approximate surface area is 162 Å². The summed E-state index contributed by atoms with van der Waals surface area (Å²) in [5.74, 6) is 1.26. The van der Waals surface area contributed by atoms with Crippen molar-refractivity contribution in [3.05, 3.63) is 23.8 Å². The maximum absolute atomic E-state index is 10.9. The maximum atomic E-state index is 10.9. The van der Waals surface area contributed by atoms with Crippen LogP contribution in [0.4, 0.5) is 0 Å². The van der Waals surface area contributed by atoms with Crippen LogP contribution in [0.1, 0.15) is 31.7 Å². The summed E-state index contributed by atoms with van der Waals surface area (Å²) in [4.78, 5) is 13.1. The number of aliphatic hydroxyl groups is 1. The number of piperidine rings is 1. The largest absolute Gasteiger partial charge is 0.493 e. The lowest BCUT2D eigenvalue weighted by Crippen LogP contribution is -2.38. The summed E-state index contributed by atoms with van der Waals surface area (Å²) in [6.07, 6.45) is 3.18. The first-order valence-corrected chi connectivity index (χ1v) is 9.73. The summed E-state index contributed by atoms with van der Waals surface area (Å²) >= 11 is 0. The van der Waals surface area contributed by atoms with E-state index in [1.807, 2.05) is 18.2 Å². The molecule has 3 N–H and O–H groups in total. The van der Waals surface area contributed by atoms with Crippen LogP contribution in [0.15, 0.2) is 18.2 Å². The third-order valence-electron chi connectivity index (χ3n) is 4.58. The molecule has 0 saturated carbocycles. The number of hydrogen-bond donors (Lipinski definition) is 3. The number of aliphatic hydroxyl groups excluding tert-OH is 1. The van der Waals surface area contributed by atoms with Gasteiger partial charge in [0.2, 0.25) is 5.91 Å². The van der Waals surface area contributed by atoms with Crippen molar-refractivity contribution in [1.29, 1.82) is 0 Å². The van der Waals surface area contributed by atoms with E-state index in [1.54, 1.807) is 7.11 Å². The van der Waals surface area contributed by atoms with Gasteiger partial charge in [0.25, 0.3) is 0 Å². The van der Waals surface area contributed by atoms with Gasteiger partial charge in [0.15, 0.2) is 11.5 Å². The van der Waals surface area contributed by atoms with E-state index < -0.39 is 6.10 Å². The molecule has 7 nitrogen and oxygen atoms in total. The summed E-state index contributed by atoms with van der Waals surface area (Å²) in [5, 5.41) is 16.3. The van der Waals surface area contributed by atoms with E-state index in [-0.39, 0.29) is 12.5 Å². The van der Waals surface area contributed by atoms with Crippen molar-refractivity contribution >= 4 is 5.91 Å². The van der Waals surface area contributed by atoms with Crippen molar-refractivity contribution in [2.45, 2.75) is 38.8 Å². The maximum Gasteiger partial charge on any atom is 0.216 e. The first-order chi connectivity index (χ1) is 13.1. The average Bonchev–Trinajstić information content (AvgIpc) is 2.66. The summed E-state index contributed by atoms with van der Waals surface area (Å²) in [6.45, 7) is 6.45. The Balaban J connectivity index is 1.80. The highest BCUT2D eigenvalue weighted by atomic mass is 16.5. The molecule has 0 spiro atoms. The van der Waals surface area contributed by atoms with E-state index in [0.717, 1.165) is 18.7 Å². The van der Waals surface area contributed by atoms with Crippen LogP contribution in [0.2, 0.25) is 0 Å². The molecule has 152 valence electrons. The molecule has 2 rings (SSSR count). The molecule has 1 aromatic rings. The lowest BCUT2D eigenvalue weighted by atomic mass is 10.1. The minimum absolute atomic E-state index is 0.0277. The average molecular weight is 380 g/mol. The van der Waals surface area contributed by atoms with Crippen LogP contribution < -0.4 is 20.1 Å². The Morgan fingerprint density at radius 2 is 2.00 bits per heavy atom. The Morgan fingerprint density at radius 3 is 2.70 bits per heavy atom. The Bertz CT molecular complexity index is 576. The number of amides is 1. The van der Waals surface area contributed by atoms with Gasteiger partial charge in [-0.15, -0.1) is 0 Å². The monoisotopic (exact) mass is 379 g/mol. The standard InChI is InChI=1S/C20H33N3O4/c1-16(24)22-9-8-21-13-17-6-7-19(26-2)20(12-17)27-15-18(25)14-23-10-4-3-5-11-23/h6-7,12,18,21,25H,3-5,8-11,13-15H2,1-2H3,(H,22,24). The van der Waals surface area contributed by atoms with Gasteiger partial charge in [0, 0.05) is 33.1 Å². The molecule has 0 bridgehead atoms. The molecular formula is C20H33N3O4. The third-order valence-corrected chi connectivity index (χ3v) is 4.58. The number of hydrogen-bond acceptors (Lipinski definition) is 6. The van der Waals surface area contributed by atoms with Crippen LogP contribution >= 0.6 is 0 Å². The molecule has 1 amide bonds. The number of rotatable bonds is 11. The van der Waals surface area contributed by atoms with Crippen LogP contribution in [-0.4, -0.2) is 68.5 Å². The van der Waals surface area contributed by atoms with Gasteiger partial charge < -0.3 is 30.1 Å². The van der Waals surface area contributed by atoms with Crippen molar-refractivity contribution in [2.75, 3.05) is 46.4 Å². The number of benzene rings is 1. The summed E-state index contributed by atoms with van der Waals surface area (Å²) < 4.78 is 11.2. The van der Waals surface area contributed by atoms with Crippen molar-refractivity contribution in [3.63, 3.8) is 0 Å². The fraction of sp³-hybridized carbons (Fsp3) is 0.650. The molecule has 7 heteroatoms. The van der Waals surface area contributed by atoms with Gasteiger partial charge in [0.1, 0.15) is 12.7 Å². The van der Waals surface area contributed by atoms with E-state index >= 15 is 0 Å². The first-order valence-electron chi connectivity index (χ1n) is 9.73. The minimum atomic E-state index is -0.521. The topological polar surface area (TPSA) is 83.1 Å². The quantitative estimate of drug-likeness (QED) is 0.500. The number of nitrogens with zero attached hydrogens (tertiary/aromatic N) is 1. The van der Waals surface area contributed by atoms with E-state index in [0.29, 0.717) is 37.7 Å². The normalized spacial score (nSPS) is 16.0. The molecule has 1 saturated heterocycles. The predicted molar refractivity (Wildman–Crippen MR) is 105 cm³/mol. The highest BCUT2D eigenvalue weighted by molar-refractivity contribution is 5.72. The first kappa shape index (κ1) is 21.5. The predicted octanol–water partition coefficient (Wildman–Crippen LogP) is 1.15. The zero-order chi connectivity index (χ0) is 19.5. The third kappa shape index (κ3) is 8.15. The molecule has 27 heavy (non-hydrogen) atoms. The highest BCUT2D eigenvalue weighted by Gasteiger charge is 2.16. The molecule has 1 heterocycles. The number of ether oxygens (including phenoxy) is 2. The lowest BCUT2D eigenvalue weighted by Gasteiger charge is -2.28. The fourth-order valence-corrected chi connectivity index (χ4v) is 3.18. The van der Waals surface area contributed by atoms with Gasteiger partial charge in [-0.05, 0) is 43.6 Å². The van der Waals surface area contributed by atoms with E-state index in [2.05, 4.69) is 15.5 Å². The van der Waals surface area contributed by atoms with Gasteiger partial charge in [0.05, 0.1) is 7.11 Å². The van der Waals surface area contributed by atoms with Gasteiger partial charge in [-0.25, -0.2) is 0 Å². The zero-order valence-corrected chi connectivity index (χ0v) is 16.5. The Kier molecular flexibility index (Phi) is 9.38. The van der Waals surface area contributed by atoms with Crippen LogP contribution in [0.5, 0.6) is 11.5 Å². The summed E-state index contributed by atoms with van der Waals surface area (Å²) in [7, 11) is 1.61. The van der Waals surface area contributed by atoms with Crippen molar-refractivity contribution < 1.29 is 19.4 Å². The van der Waals surface area contributed by atoms with Gasteiger partial charge in [-0.3, -0.25) is 4.79 Å².